The molecule has 0 spiro atoms. The van der Waals surface area contributed by atoms with Crippen molar-refractivity contribution in [2.45, 2.75) is 25.9 Å². The van der Waals surface area contributed by atoms with Crippen LogP contribution in [0.5, 0.6) is 0 Å². The molecule has 1 unspecified atom stereocenters. The zero-order valence-corrected chi connectivity index (χ0v) is 32.7. The first-order valence-corrected chi connectivity index (χ1v) is 20.4. The summed E-state index contributed by atoms with van der Waals surface area (Å²) >= 11 is 0. The highest BCUT2D eigenvalue weighted by molar-refractivity contribution is 6.15. The highest BCUT2D eigenvalue weighted by atomic mass is 15.2. The van der Waals surface area contributed by atoms with Gasteiger partial charge in [-0.1, -0.05) is 182 Å². The average Bonchev–Trinajstić information content (AvgIpc) is 3.64. The second-order valence-corrected chi connectivity index (χ2v) is 15.1. The zero-order valence-electron chi connectivity index (χ0n) is 32.7. The first kappa shape index (κ1) is 35.3. The van der Waals surface area contributed by atoms with E-state index in [1.807, 2.05) is 0 Å². The van der Waals surface area contributed by atoms with E-state index in [0.29, 0.717) is 0 Å². The summed E-state index contributed by atoms with van der Waals surface area (Å²) in [5, 5.41) is 2.62. The van der Waals surface area contributed by atoms with E-state index in [1.54, 1.807) is 0 Å². The maximum Gasteiger partial charge on any atom is 0.0560 e. The van der Waals surface area contributed by atoms with Gasteiger partial charge < -0.3 is 9.47 Å². The number of aryl methyl sites for hydroxylation is 1. The Morgan fingerprint density at radius 2 is 1.02 bits per heavy atom. The summed E-state index contributed by atoms with van der Waals surface area (Å²) in [5.41, 5.74) is 17.2. The van der Waals surface area contributed by atoms with Crippen LogP contribution in [0.2, 0.25) is 0 Å². The molecular formula is C56H44N2. The minimum atomic E-state index is 0.127. The van der Waals surface area contributed by atoms with Gasteiger partial charge in [0.2, 0.25) is 0 Å². The van der Waals surface area contributed by atoms with Crippen LogP contribution in [0.4, 0.5) is 11.4 Å². The number of aromatic nitrogens is 1. The molecule has 0 saturated carbocycles. The number of rotatable bonds is 9. The smallest absolute Gasteiger partial charge is 0.0560 e. The van der Waals surface area contributed by atoms with Gasteiger partial charge in [0.25, 0.3) is 0 Å². The van der Waals surface area contributed by atoms with Crippen LogP contribution < -0.4 is 4.90 Å². The standard InChI is InChI=1S/C56H44N2/c1-2-57-53-24-11-10-22-52(53)56-51(23-14-26-55(56)57)47-20-13-19-46(39-47)50-21-9-12-25-54(50)58(48-35-31-44(32-36-48)41-17-7-4-8-18-41)49-37-33-45(34-38-49)43-29-27-42(28-30-43)40-15-5-3-6-16-40/h3-35,37-39,48H,2,36H2,1H3. The number of benzene rings is 8. The molecule has 0 N–H and O–H groups in total. The number of fused-ring (bicyclic) bond motifs is 3. The highest BCUT2D eigenvalue weighted by Gasteiger charge is 2.24. The second kappa shape index (κ2) is 15.4. The third kappa shape index (κ3) is 6.53. The average molecular weight is 745 g/mol. The molecule has 0 aliphatic heterocycles. The second-order valence-electron chi connectivity index (χ2n) is 15.1. The molecule has 0 saturated heterocycles. The van der Waals surface area contributed by atoms with Gasteiger partial charge in [-0.05, 0) is 99.8 Å². The largest absolute Gasteiger partial charge is 0.341 e. The van der Waals surface area contributed by atoms with Crippen molar-refractivity contribution in [3.8, 4) is 44.5 Å². The maximum atomic E-state index is 2.54. The lowest BCUT2D eigenvalue weighted by molar-refractivity contribution is 0.788. The van der Waals surface area contributed by atoms with E-state index >= 15 is 0 Å². The summed E-state index contributed by atoms with van der Waals surface area (Å²) in [7, 11) is 0. The van der Waals surface area contributed by atoms with Crippen LogP contribution in [-0.2, 0) is 6.54 Å². The van der Waals surface area contributed by atoms with E-state index in [-0.39, 0.29) is 6.04 Å². The van der Waals surface area contributed by atoms with Crippen LogP contribution in [0.3, 0.4) is 0 Å². The quantitative estimate of drug-likeness (QED) is 0.143. The number of nitrogens with zero attached hydrogens (tertiary/aromatic N) is 2. The number of hydrogen-bond acceptors (Lipinski definition) is 1. The van der Waals surface area contributed by atoms with Crippen LogP contribution in [0, 0.1) is 0 Å². The first-order chi connectivity index (χ1) is 28.7. The molecule has 1 aliphatic rings. The van der Waals surface area contributed by atoms with Crippen molar-refractivity contribution in [1.29, 1.82) is 0 Å². The molecule has 2 nitrogen and oxygen atoms in total. The molecule has 2 heteroatoms. The molecule has 278 valence electrons. The molecule has 0 fully saturated rings. The van der Waals surface area contributed by atoms with Crippen molar-refractivity contribution in [2.24, 2.45) is 0 Å². The van der Waals surface area contributed by atoms with Gasteiger partial charge in [0.05, 0.1) is 6.04 Å². The Morgan fingerprint density at radius 3 is 1.71 bits per heavy atom. The lowest BCUT2D eigenvalue weighted by Crippen LogP contribution is -2.30. The maximum absolute atomic E-state index is 2.54. The number of anilines is 2. The van der Waals surface area contributed by atoms with Crippen molar-refractivity contribution in [2.75, 3.05) is 4.90 Å². The van der Waals surface area contributed by atoms with Gasteiger partial charge in [0, 0.05) is 45.3 Å². The molecule has 0 amide bonds. The molecule has 9 aromatic rings. The normalized spacial score (nSPS) is 13.8. The number of para-hydroxylation sites is 2. The van der Waals surface area contributed by atoms with Gasteiger partial charge in [-0.3, -0.25) is 0 Å². The molecule has 0 bridgehead atoms. The van der Waals surface area contributed by atoms with Gasteiger partial charge in [-0.15, -0.1) is 0 Å². The zero-order chi connectivity index (χ0) is 38.8. The van der Waals surface area contributed by atoms with Gasteiger partial charge in [0.15, 0.2) is 0 Å². The Bertz CT molecular complexity index is 2930. The summed E-state index contributed by atoms with van der Waals surface area (Å²) in [5.74, 6) is 0. The first-order valence-electron chi connectivity index (χ1n) is 20.4. The van der Waals surface area contributed by atoms with Gasteiger partial charge in [-0.25, -0.2) is 0 Å². The lowest BCUT2D eigenvalue weighted by atomic mass is 9.93. The van der Waals surface area contributed by atoms with Crippen LogP contribution in [-0.4, -0.2) is 10.6 Å². The minimum Gasteiger partial charge on any atom is -0.341 e. The topological polar surface area (TPSA) is 8.17 Å². The minimum absolute atomic E-state index is 0.127. The van der Waals surface area contributed by atoms with E-state index in [9.17, 15) is 0 Å². The third-order valence-electron chi connectivity index (χ3n) is 11.7. The van der Waals surface area contributed by atoms with Gasteiger partial charge >= 0.3 is 0 Å². The Morgan fingerprint density at radius 1 is 0.483 bits per heavy atom. The Balaban J connectivity index is 1.05. The van der Waals surface area contributed by atoms with E-state index in [2.05, 4.69) is 235 Å². The summed E-state index contributed by atoms with van der Waals surface area (Å²) in [6, 6.07) is 73.1. The van der Waals surface area contributed by atoms with Gasteiger partial charge in [-0.2, -0.15) is 0 Å². The van der Waals surface area contributed by atoms with E-state index in [0.717, 1.165) is 18.7 Å². The molecule has 1 atom stereocenters. The SMILES string of the molecule is CCn1c2ccccc2c2c(-c3cccc(-c4ccccc4N(c4ccc(-c5ccc(-c6ccccc6)cc5)cc4)C4C=CC(c5ccccc5)=CC4)c3)cccc21. The summed E-state index contributed by atoms with van der Waals surface area (Å²) < 4.78 is 2.44. The fourth-order valence-corrected chi connectivity index (χ4v) is 8.92. The molecule has 0 radical (unpaired) electrons. The molecule has 1 aliphatic carbocycles. The molecule has 1 aromatic heterocycles. The molecule has 10 rings (SSSR count). The predicted molar refractivity (Wildman–Crippen MR) is 247 cm³/mol. The monoisotopic (exact) mass is 744 g/mol. The van der Waals surface area contributed by atoms with Gasteiger partial charge in [0.1, 0.15) is 0 Å². The third-order valence-corrected chi connectivity index (χ3v) is 11.7. The lowest BCUT2D eigenvalue weighted by Gasteiger charge is -2.35. The van der Waals surface area contributed by atoms with Crippen LogP contribution in [0.15, 0.2) is 218 Å². The summed E-state index contributed by atoms with van der Waals surface area (Å²) in [4.78, 5) is 2.54. The van der Waals surface area contributed by atoms with Crippen molar-refractivity contribution in [3.63, 3.8) is 0 Å². The van der Waals surface area contributed by atoms with Crippen LogP contribution in [0.1, 0.15) is 18.9 Å². The van der Waals surface area contributed by atoms with Crippen molar-refractivity contribution < 1.29 is 0 Å². The molecule has 1 heterocycles. The predicted octanol–water partition coefficient (Wildman–Crippen LogP) is 15.0. The fraction of sp³-hybridized carbons (Fsp3) is 0.0714. The Hall–Kier alpha value is -7.16. The molecule has 58 heavy (non-hydrogen) atoms. The van der Waals surface area contributed by atoms with Crippen LogP contribution >= 0.6 is 0 Å². The molecule has 8 aromatic carbocycles. The number of hydrogen-bond donors (Lipinski definition) is 0. The highest BCUT2D eigenvalue weighted by Crippen LogP contribution is 2.42. The summed E-state index contributed by atoms with van der Waals surface area (Å²) in [6.45, 7) is 3.16. The van der Waals surface area contributed by atoms with Crippen molar-refractivity contribution in [3.05, 3.63) is 224 Å². The Labute approximate surface area is 341 Å². The van der Waals surface area contributed by atoms with E-state index < -0.39 is 0 Å². The van der Waals surface area contributed by atoms with Crippen LogP contribution in [0.25, 0.3) is 71.9 Å². The van der Waals surface area contributed by atoms with E-state index in [1.165, 1.54) is 83.1 Å². The van der Waals surface area contributed by atoms with E-state index in [4.69, 9.17) is 0 Å². The number of allylic oxidation sites excluding steroid dienone is 2. The Kier molecular flexibility index (Phi) is 9.37. The van der Waals surface area contributed by atoms with Crippen molar-refractivity contribution in [1.82, 2.24) is 4.57 Å². The summed E-state index contributed by atoms with van der Waals surface area (Å²) in [6.07, 6.45) is 7.97. The van der Waals surface area contributed by atoms with Crippen molar-refractivity contribution >= 4 is 38.8 Å². The molecular weight excluding hydrogens is 701 g/mol. The fourth-order valence-electron chi connectivity index (χ4n) is 8.92.